The van der Waals surface area contributed by atoms with Crippen LogP contribution >= 0.6 is 23.8 Å². The Hall–Kier alpha value is -1.59. The van der Waals surface area contributed by atoms with Crippen LogP contribution in [0.1, 0.15) is 10.4 Å². The van der Waals surface area contributed by atoms with Gasteiger partial charge in [0, 0.05) is 6.54 Å². The quantitative estimate of drug-likeness (QED) is 0.506. The minimum absolute atomic E-state index is 0.399. The number of rotatable bonds is 4. The number of carbonyl (C=O) groups is 1. The van der Waals surface area contributed by atoms with Crippen LogP contribution in [0.2, 0.25) is 5.02 Å². The molecule has 6 heteroatoms. The second-order valence-corrected chi connectivity index (χ2v) is 4.13. The summed E-state index contributed by atoms with van der Waals surface area (Å²) in [6.07, 6.45) is 1.68. The van der Waals surface area contributed by atoms with Crippen LogP contribution in [0.5, 0.6) is 0 Å². The molecule has 0 heterocycles. The Kier molecular flexibility index (Phi) is 5.61. The average molecular weight is 285 g/mol. The van der Waals surface area contributed by atoms with Crippen LogP contribution < -0.4 is 10.6 Å². The van der Waals surface area contributed by atoms with Gasteiger partial charge in [-0.05, 0) is 30.4 Å². The molecule has 0 aromatic heterocycles. The number of thiocarbonyl (C=S) groups is 1. The zero-order valence-electron chi connectivity index (χ0n) is 9.83. The van der Waals surface area contributed by atoms with Crippen LogP contribution in [0.4, 0.5) is 5.69 Å². The van der Waals surface area contributed by atoms with E-state index in [0.717, 1.165) is 0 Å². The van der Waals surface area contributed by atoms with Crippen molar-refractivity contribution in [2.75, 3.05) is 19.0 Å². The van der Waals surface area contributed by atoms with E-state index in [-0.39, 0.29) is 0 Å². The Morgan fingerprint density at radius 3 is 2.94 bits per heavy atom. The lowest BCUT2D eigenvalue weighted by Crippen LogP contribution is -2.28. The van der Waals surface area contributed by atoms with E-state index in [1.54, 1.807) is 24.3 Å². The van der Waals surface area contributed by atoms with Crippen molar-refractivity contribution in [1.29, 1.82) is 0 Å². The molecule has 0 unspecified atom stereocenters. The highest BCUT2D eigenvalue weighted by molar-refractivity contribution is 7.80. The van der Waals surface area contributed by atoms with Gasteiger partial charge in [0.25, 0.3) is 0 Å². The third-order valence-electron chi connectivity index (χ3n) is 2.04. The molecule has 0 fully saturated rings. The third-order valence-corrected chi connectivity index (χ3v) is 2.62. The van der Waals surface area contributed by atoms with Gasteiger partial charge < -0.3 is 15.4 Å². The molecule has 18 heavy (non-hydrogen) atoms. The van der Waals surface area contributed by atoms with Crippen molar-refractivity contribution in [3.8, 4) is 0 Å². The molecule has 96 valence electrons. The number of anilines is 1. The minimum Gasteiger partial charge on any atom is -0.465 e. The molecule has 0 aliphatic carbocycles. The van der Waals surface area contributed by atoms with E-state index in [1.165, 1.54) is 7.11 Å². The van der Waals surface area contributed by atoms with E-state index in [2.05, 4.69) is 21.9 Å². The highest BCUT2D eigenvalue weighted by Crippen LogP contribution is 2.23. The lowest BCUT2D eigenvalue weighted by molar-refractivity contribution is 0.0601. The SMILES string of the molecule is C=CCNC(=S)Nc1cc(C(=O)OC)ccc1Cl. The van der Waals surface area contributed by atoms with Gasteiger partial charge in [-0.15, -0.1) is 6.58 Å². The molecule has 0 spiro atoms. The maximum atomic E-state index is 11.4. The summed E-state index contributed by atoms with van der Waals surface area (Å²) in [6.45, 7) is 4.11. The zero-order valence-corrected chi connectivity index (χ0v) is 11.4. The molecule has 0 aliphatic heterocycles. The molecular formula is C12H13ClN2O2S. The monoisotopic (exact) mass is 284 g/mol. The lowest BCUT2D eigenvalue weighted by Gasteiger charge is -2.11. The maximum absolute atomic E-state index is 11.4. The summed E-state index contributed by atoms with van der Waals surface area (Å²) in [5.74, 6) is -0.431. The second-order valence-electron chi connectivity index (χ2n) is 3.31. The first-order valence-electron chi connectivity index (χ1n) is 5.12. The standard InChI is InChI=1S/C12H13ClN2O2S/c1-3-6-14-12(18)15-10-7-8(11(16)17-2)4-5-9(10)13/h3-5,7H,1,6H2,2H3,(H2,14,15,18). The smallest absolute Gasteiger partial charge is 0.337 e. The fourth-order valence-corrected chi connectivity index (χ4v) is 1.56. The topological polar surface area (TPSA) is 50.4 Å². The van der Waals surface area contributed by atoms with Crippen LogP contribution in [0, 0.1) is 0 Å². The summed E-state index contributed by atoms with van der Waals surface area (Å²) in [5, 5.41) is 6.66. The van der Waals surface area contributed by atoms with Gasteiger partial charge in [0.1, 0.15) is 0 Å². The summed E-state index contributed by atoms with van der Waals surface area (Å²) < 4.78 is 4.63. The van der Waals surface area contributed by atoms with E-state index in [4.69, 9.17) is 23.8 Å². The van der Waals surface area contributed by atoms with Gasteiger partial charge in [-0.3, -0.25) is 0 Å². The Bertz CT molecular complexity index is 477. The molecule has 0 amide bonds. The van der Waals surface area contributed by atoms with Crippen LogP contribution in [0.3, 0.4) is 0 Å². The first kappa shape index (κ1) is 14.5. The first-order chi connectivity index (χ1) is 8.58. The first-order valence-corrected chi connectivity index (χ1v) is 5.90. The summed E-state index contributed by atoms with van der Waals surface area (Å²) in [7, 11) is 1.32. The summed E-state index contributed by atoms with van der Waals surface area (Å²) in [5.41, 5.74) is 0.942. The number of hydrogen-bond acceptors (Lipinski definition) is 3. The number of ether oxygens (including phenoxy) is 1. The minimum atomic E-state index is -0.431. The fraction of sp³-hybridized carbons (Fsp3) is 0.167. The predicted molar refractivity (Wildman–Crippen MR) is 77.2 cm³/mol. The van der Waals surface area contributed by atoms with Crippen LogP contribution in [0.15, 0.2) is 30.9 Å². The Balaban J connectivity index is 2.84. The second kappa shape index (κ2) is 6.98. The molecule has 0 radical (unpaired) electrons. The number of hydrogen-bond donors (Lipinski definition) is 2. The Morgan fingerprint density at radius 2 is 2.33 bits per heavy atom. The van der Waals surface area contributed by atoms with Crippen molar-refractivity contribution >= 4 is 40.6 Å². The predicted octanol–water partition coefficient (Wildman–Crippen LogP) is 2.60. The van der Waals surface area contributed by atoms with Crippen LogP contribution in [0.25, 0.3) is 0 Å². The largest absolute Gasteiger partial charge is 0.465 e. The van der Waals surface area contributed by atoms with Gasteiger partial charge in [-0.2, -0.15) is 0 Å². The van der Waals surface area contributed by atoms with E-state index < -0.39 is 5.97 Å². The van der Waals surface area contributed by atoms with Crippen molar-refractivity contribution in [2.45, 2.75) is 0 Å². The zero-order chi connectivity index (χ0) is 13.5. The highest BCUT2D eigenvalue weighted by Gasteiger charge is 2.09. The van der Waals surface area contributed by atoms with Crippen LogP contribution in [-0.4, -0.2) is 24.7 Å². The molecular weight excluding hydrogens is 272 g/mol. The van der Waals surface area contributed by atoms with E-state index >= 15 is 0 Å². The number of esters is 1. The molecule has 0 atom stereocenters. The number of methoxy groups -OCH3 is 1. The normalized spacial score (nSPS) is 9.44. The van der Waals surface area contributed by atoms with Gasteiger partial charge in [-0.1, -0.05) is 17.7 Å². The molecule has 4 nitrogen and oxygen atoms in total. The number of halogens is 1. The highest BCUT2D eigenvalue weighted by atomic mass is 35.5. The van der Waals surface area contributed by atoms with E-state index in [0.29, 0.717) is 27.9 Å². The van der Waals surface area contributed by atoms with Gasteiger partial charge in [-0.25, -0.2) is 4.79 Å². The van der Waals surface area contributed by atoms with Crippen molar-refractivity contribution in [3.63, 3.8) is 0 Å². The van der Waals surface area contributed by atoms with Crippen molar-refractivity contribution in [3.05, 3.63) is 41.4 Å². The Morgan fingerprint density at radius 1 is 1.61 bits per heavy atom. The lowest BCUT2D eigenvalue weighted by atomic mass is 10.2. The van der Waals surface area contributed by atoms with Crippen LogP contribution in [-0.2, 0) is 4.74 Å². The van der Waals surface area contributed by atoms with Crippen molar-refractivity contribution in [1.82, 2.24) is 5.32 Å². The molecule has 0 bridgehead atoms. The van der Waals surface area contributed by atoms with Gasteiger partial charge in [0.2, 0.25) is 0 Å². The van der Waals surface area contributed by atoms with Crippen molar-refractivity contribution in [2.24, 2.45) is 0 Å². The summed E-state index contributed by atoms with van der Waals surface area (Å²) in [6, 6.07) is 4.77. The summed E-state index contributed by atoms with van der Waals surface area (Å²) in [4.78, 5) is 11.4. The molecule has 0 saturated heterocycles. The number of carbonyl (C=O) groups excluding carboxylic acids is 1. The van der Waals surface area contributed by atoms with Gasteiger partial charge >= 0.3 is 5.97 Å². The van der Waals surface area contributed by atoms with E-state index in [1.807, 2.05) is 0 Å². The molecule has 1 rings (SSSR count). The van der Waals surface area contributed by atoms with Gasteiger partial charge in [0.15, 0.2) is 5.11 Å². The average Bonchev–Trinajstić information content (AvgIpc) is 2.38. The third kappa shape index (κ3) is 4.01. The maximum Gasteiger partial charge on any atom is 0.337 e. The van der Waals surface area contributed by atoms with Gasteiger partial charge in [0.05, 0.1) is 23.4 Å². The Labute approximate surface area is 116 Å². The van der Waals surface area contributed by atoms with E-state index in [9.17, 15) is 4.79 Å². The molecule has 2 N–H and O–H groups in total. The molecule has 1 aromatic rings. The molecule has 1 aromatic carbocycles. The molecule has 0 saturated carbocycles. The number of benzene rings is 1. The van der Waals surface area contributed by atoms with Crippen molar-refractivity contribution < 1.29 is 9.53 Å². The fourth-order valence-electron chi connectivity index (χ4n) is 1.20. The summed E-state index contributed by atoms with van der Waals surface area (Å²) >= 11 is 11.1. The number of nitrogens with one attached hydrogen (secondary N) is 2. The molecule has 0 aliphatic rings.